The van der Waals surface area contributed by atoms with Gasteiger partial charge in [-0.25, -0.2) is 9.97 Å². The number of nitrogens with zero attached hydrogens (tertiary/aromatic N) is 3. The Morgan fingerprint density at radius 3 is 2.33 bits per heavy atom. The van der Waals surface area contributed by atoms with E-state index in [1.165, 1.54) is 0 Å². The average molecular weight is 272 g/mol. The van der Waals surface area contributed by atoms with Gasteiger partial charge in [-0.3, -0.25) is 0 Å². The van der Waals surface area contributed by atoms with Gasteiger partial charge in [-0.05, 0) is 20.8 Å². The maximum Gasteiger partial charge on any atom is 0.137 e. The fourth-order valence-corrected chi connectivity index (χ4v) is 1.64. The predicted molar refractivity (Wildman–Crippen MR) is 75.4 cm³/mol. The van der Waals surface area contributed by atoms with Gasteiger partial charge in [0.15, 0.2) is 0 Å². The highest BCUT2D eigenvalue weighted by molar-refractivity contribution is 6.30. The number of rotatable bonds is 4. The molecule has 4 nitrogen and oxygen atoms in total. The first-order valence-corrected chi connectivity index (χ1v) is 6.47. The van der Waals surface area contributed by atoms with E-state index < -0.39 is 5.54 Å². The Morgan fingerprint density at radius 2 is 1.89 bits per heavy atom. The third kappa shape index (κ3) is 2.93. The summed E-state index contributed by atoms with van der Waals surface area (Å²) < 4.78 is 0. The molecule has 0 bridgehead atoms. The summed E-state index contributed by atoms with van der Waals surface area (Å²) in [5.74, 6) is 1.71. The number of aliphatic hydroxyl groups excluding tert-OH is 1. The monoisotopic (exact) mass is 271 g/mol. The fourth-order valence-electron chi connectivity index (χ4n) is 1.47. The molecule has 102 valence electrons. The first kappa shape index (κ1) is 15.2. The molecule has 5 heteroatoms. The predicted octanol–water partition coefficient (Wildman–Crippen LogP) is 2.77. The molecule has 18 heavy (non-hydrogen) atoms. The number of aliphatic hydroxyl groups is 1. The van der Waals surface area contributed by atoms with Crippen molar-refractivity contribution in [2.75, 3.05) is 18.6 Å². The van der Waals surface area contributed by atoms with E-state index in [1.807, 2.05) is 46.6 Å². The molecule has 1 rings (SSSR count). The normalized spacial score (nSPS) is 12.1. The molecule has 0 aliphatic rings. The minimum Gasteiger partial charge on any atom is -0.394 e. The van der Waals surface area contributed by atoms with Crippen LogP contribution in [-0.2, 0) is 0 Å². The highest BCUT2D eigenvalue weighted by Crippen LogP contribution is 2.28. The van der Waals surface area contributed by atoms with Gasteiger partial charge < -0.3 is 10.0 Å². The SMILES string of the molecule is Cc1c(Cl)nc(C(C)C)nc1N(C)C(C)(C)CO. The highest BCUT2D eigenvalue weighted by Gasteiger charge is 2.26. The van der Waals surface area contributed by atoms with Crippen LogP contribution < -0.4 is 4.90 Å². The lowest BCUT2D eigenvalue weighted by molar-refractivity contribution is 0.215. The highest BCUT2D eigenvalue weighted by atomic mass is 35.5. The molecule has 1 aromatic heterocycles. The Hall–Kier alpha value is -0.870. The van der Waals surface area contributed by atoms with Crippen molar-refractivity contribution in [3.63, 3.8) is 0 Å². The van der Waals surface area contributed by atoms with Gasteiger partial charge in [0.1, 0.15) is 16.8 Å². The third-order valence-corrected chi connectivity index (χ3v) is 3.58. The Morgan fingerprint density at radius 1 is 1.33 bits per heavy atom. The number of hydrogen-bond donors (Lipinski definition) is 1. The van der Waals surface area contributed by atoms with Gasteiger partial charge in [0.2, 0.25) is 0 Å². The summed E-state index contributed by atoms with van der Waals surface area (Å²) in [6.07, 6.45) is 0. The van der Waals surface area contributed by atoms with Crippen LogP contribution in [0.3, 0.4) is 0 Å². The maximum atomic E-state index is 9.45. The van der Waals surface area contributed by atoms with E-state index in [4.69, 9.17) is 11.6 Å². The molecular formula is C13H22ClN3O. The second-order valence-corrected chi connectivity index (χ2v) is 5.86. The van der Waals surface area contributed by atoms with Gasteiger partial charge in [-0.15, -0.1) is 0 Å². The molecule has 0 aliphatic carbocycles. The van der Waals surface area contributed by atoms with Crippen LogP contribution in [0.15, 0.2) is 0 Å². The van der Waals surface area contributed by atoms with Crippen molar-refractivity contribution in [3.05, 3.63) is 16.5 Å². The Bertz CT molecular complexity index is 432. The van der Waals surface area contributed by atoms with Gasteiger partial charge in [-0.2, -0.15) is 0 Å². The number of hydrogen-bond acceptors (Lipinski definition) is 4. The molecule has 0 radical (unpaired) electrons. The van der Waals surface area contributed by atoms with Gasteiger partial charge in [0.25, 0.3) is 0 Å². The Balaban J connectivity index is 3.31. The summed E-state index contributed by atoms with van der Waals surface area (Å²) in [6, 6.07) is 0. The van der Waals surface area contributed by atoms with E-state index in [0.717, 1.165) is 17.2 Å². The van der Waals surface area contributed by atoms with Gasteiger partial charge in [0.05, 0.1) is 12.1 Å². The Kier molecular flexibility index (Phi) is 4.56. The summed E-state index contributed by atoms with van der Waals surface area (Å²) in [5, 5.41) is 9.92. The molecule has 0 saturated carbocycles. The molecule has 0 unspecified atom stereocenters. The van der Waals surface area contributed by atoms with Crippen molar-refractivity contribution >= 4 is 17.4 Å². The van der Waals surface area contributed by atoms with Crippen molar-refractivity contribution in [1.29, 1.82) is 0 Å². The molecule has 0 saturated heterocycles. The largest absolute Gasteiger partial charge is 0.394 e. The van der Waals surface area contributed by atoms with Crippen molar-refractivity contribution in [2.45, 2.75) is 46.1 Å². The zero-order valence-corrected chi connectivity index (χ0v) is 12.7. The molecule has 0 fully saturated rings. The van der Waals surface area contributed by atoms with Crippen molar-refractivity contribution in [2.24, 2.45) is 0 Å². The summed E-state index contributed by atoms with van der Waals surface area (Å²) in [5.41, 5.74) is 0.446. The number of anilines is 1. The first-order chi connectivity index (χ1) is 8.20. The lowest BCUT2D eigenvalue weighted by atomic mass is 10.0. The maximum absolute atomic E-state index is 9.45. The Labute approximate surface area is 114 Å². The molecule has 1 N–H and O–H groups in total. The van der Waals surface area contributed by atoms with Gasteiger partial charge >= 0.3 is 0 Å². The fraction of sp³-hybridized carbons (Fsp3) is 0.692. The zero-order chi connectivity index (χ0) is 14.1. The molecule has 1 aromatic rings. The summed E-state index contributed by atoms with van der Waals surface area (Å²) in [6.45, 7) is 9.91. The van der Waals surface area contributed by atoms with Crippen molar-refractivity contribution in [3.8, 4) is 0 Å². The third-order valence-electron chi connectivity index (χ3n) is 3.21. The smallest absolute Gasteiger partial charge is 0.137 e. The van der Waals surface area contributed by atoms with Crippen LogP contribution >= 0.6 is 11.6 Å². The quantitative estimate of drug-likeness (QED) is 0.856. The molecule has 1 heterocycles. The summed E-state index contributed by atoms with van der Waals surface area (Å²) >= 11 is 6.16. The van der Waals surface area contributed by atoms with Crippen LogP contribution in [-0.4, -0.2) is 34.3 Å². The minimum absolute atomic E-state index is 0.0432. The van der Waals surface area contributed by atoms with E-state index >= 15 is 0 Å². The van der Waals surface area contributed by atoms with E-state index in [-0.39, 0.29) is 12.5 Å². The van der Waals surface area contributed by atoms with Crippen LogP contribution in [0.1, 0.15) is 45.0 Å². The number of aromatic nitrogens is 2. The summed E-state index contributed by atoms with van der Waals surface area (Å²) in [4.78, 5) is 10.8. The van der Waals surface area contributed by atoms with Crippen LogP contribution in [0, 0.1) is 6.92 Å². The molecule has 0 aromatic carbocycles. The average Bonchev–Trinajstić information content (AvgIpc) is 2.31. The van der Waals surface area contributed by atoms with E-state index in [9.17, 15) is 5.11 Å². The van der Waals surface area contributed by atoms with E-state index in [2.05, 4.69) is 9.97 Å². The second kappa shape index (κ2) is 5.41. The van der Waals surface area contributed by atoms with Crippen LogP contribution in [0.2, 0.25) is 5.15 Å². The molecular weight excluding hydrogens is 250 g/mol. The lowest BCUT2D eigenvalue weighted by Crippen LogP contribution is -2.45. The molecule has 0 spiro atoms. The van der Waals surface area contributed by atoms with Crippen LogP contribution in [0.25, 0.3) is 0 Å². The topological polar surface area (TPSA) is 49.2 Å². The van der Waals surface area contributed by atoms with Crippen LogP contribution in [0.5, 0.6) is 0 Å². The van der Waals surface area contributed by atoms with Gasteiger partial charge in [0, 0.05) is 18.5 Å². The first-order valence-electron chi connectivity index (χ1n) is 6.09. The molecule has 0 atom stereocenters. The second-order valence-electron chi connectivity index (χ2n) is 5.51. The molecule has 0 aliphatic heterocycles. The van der Waals surface area contributed by atoms with E-state index in [1.54, 1.807) is 0 Å². The number of likely N-dealkylation sites (N-methyl/N-ethyl adjacent to an activating group) is 1. The van der Waals surface area contributed by atoms with Gasteiger partial charge in [-0.1, -0.05) is 25.4 Å². The van der Waals surface area contributed by atoms with Crippen LogP contribution in [0.4, 0.5) is 5.82 Å². The minimum atomic E-state index is -0.392. The standard InChI is InChI=1S/C13H22ClN3O/c1-8(2)11-15-10(14)9(3)12(16-11)17(6)13(4,5)7-18/h8,18H,7H2,1-6H3. The van der Waals surface area contributed by atoms with Crippen molar-refractivity contribution in [1.82, 2.24) is 9.97 Å². The number of halogens is 1. The van der Waals surface area contributed by atoms with E-state index in [0.29, 0.717) is 5.15 Å². The van der Waals surface area contributed by atoms with Crippen molar-refractivity contribution < 1.29 is 5.11 Å². The summed E-state index contributed by atoms with van der Waals surface area (Å²) in [7, 11) is 1.91. The lowest BCUT2D eigenvalue weighted by Gasteiger charge is -2.36. The molecule has 0 amide bonds. The zero-order valence-electron chi connectivity index (χ0n) is 12.0.